The van der Waals surface area contributed by atoms with Crippen molar-refractivity contribution >= 4 is 27.5 Å². The summed E-state index contributed by atoms with van der Waals surface area (Å²) in [5.41, 5.74) is 0.562. The molecule has 2 heterocycles. The SMILES string of the molecule is COc1cc(Cn2c(=O)c3cc(C(=O)OCc4ccccc4)sc3n(C)c2=O)cc(OC)c1. The van der Waals surface area contributed by atoms with Crippen LogP contribution < -0.4 is 20.7 Å². The number of esters is 1. The first-order valence-electron chi connectivity index (χ1n) is 10.1. The molecule has 0 fully saturated rings. The van der Waals surface area contributed by atoms with Crippen molar-refractivity contribution in [1.29, 1.82) is 0 Å². The van der Waals surface area contributed by atoms with Gasteiger partial charge in [-0.15, -0.1) is 11.3 Å². The van der Waals surface area contributed by atoms with E-state index < -0.39 is 17.2 Å². The van der Waals surface area contributed by atoms with Gasteiger partial charge in [0.05, 0.1) is 26.2 Å². The van der Waals surface area contributed by atoms with Gasteiger partial charge < -0.3 is 14.2 Å². The van der Waals surface area contributed by atoms with Crippen molar-refractivity contribution in [1.82, 2.24) is 9.13 Å². The van der Waals surface area contributed by atoms with Crippen molar-refractivity contribution in [3.63, 3.8) is 0 Å². The van der Waals surface area contributed by atoms with Crippen LogP contribution in [0.25, 0.3) is 10.2 Å². The zero-order chi connectivity index (χ0) is 23.5. The van der Waals surface area contributed by atoms with Gasteiger partial charge >= 0.3 is 11.7 Å². The number of rotatable bonds is 7. The van der Waals surface area contributed by atoms with Gasteiger partial charge in [0.25, 0.3) is 5.56 Å². The van der Waals surface area contributed by atoms with Crippen LogP contribution in [-0.2, 0) is 24.9 Å². The lowest BCUT2D eigenvalue weighted by atomic mass is 10.2. The number of hydrogen-bond donors (Lipinski definition) is 0. The number of aromatic nitrogens is 2. The molecule has 9 heteroatoms. The van der Waals surface area contributed by atoms with Gasteiger partial charge in [-0.2, -0.15) is 0 Å². The maximum absolute atomic E-state index is 13.2. The quantitative estimate of drug-likeness (QED) is 0.389. The highest BCUT2D eigenvalue weighted by Crippen LogP contribution is 2.25. The highest BCUT2D eigenvalue weighted by atomic mass is 32.1. The molecule has 0 aliphatic rings. The summed E-state index contributed by atoms with van der Waals surface area (Å²) >= 11 is 1.06. The number of aryl methyl sites for hydroxylation is 1. The van der Waals surface area contributed by atoms with Gasteiger partial charge in [-0.3, -0.25) is 13.9 Å². The van der Waals surface area contributed by atoms with Crippen LogP contribution in [0.3, 0.4) is 0 Å². The van der Waals surface area contributed by atoms with Gasteiger partial charge in [-0.25, -0.2) is 9.59 Å². The van der Waals surface area contributed by atoms with E-state index in [4.69, 9.17) is 14.2 Å². The third kappa shape index (κ3) is 4.54. The molecular weight excluding hydrogens is 444 g/mol. The largest absolute Gasteiger partial charge is 0.497 e. The second-order valence-electron chi connectivity index (χ2n) is 7.35. The predicted octanol–water partition coefficient (Wildman–Crippen LogP) is 3.18. The first-order chi connectivity index (χ1) is 15.9. The zero-order valence-corrected chi connectivity index (χ0v) is 19.2. The van der Waals surface area contributed by atoms with Crippen molar-refractivity contribution in [3.8, 4) is 11.5 Å². The lowest BCUT2D eigenvalue weighted by Gasteiger charge is -2.11. The number of thiophene rings is 1. The van der Waals surface area contributed by atoms with E-state index in [0.29, 0.717) is 21.9 Å². The smallest absolute Gasteiger partial charge is 0.348 e. The Balaban J connectivity index is 1.68. The van der Waals surface area contributed by atoms with Crippen molar-refractivity contribution in [3.05, 3.63) is 91.4 Å². The molecule has 0 spiro atoms. The molecule has 0 aliphatic carbocycles. The lowest BCUT2D eigenvalue weighted by molar-refractivity contribution is 0.0478. The van der Waals surface area contributed by atoms with Crippen LogP contribution in [-0.4, -0.2) is 29.3 Å². The minimum atomic E-state index is -0.545. The average Bonchev–Trinajstić information content (AvgIpc) is 3.30. The molecule has 0 unspecified atom stereocenters. The molecule has 170 valence electrons. The van der Waals surface area contributed by atoms with E-state index in [1.54, 1.807) is 25.2 Å². The summed E-state index contributed by atoms with van der Waals surface area (Å²) in [6, 6.07) is 16.0. The molecule has 0 bridgehead atoms. The summed E-state index contributed by atoms with van der Waals surface area (Å²) < 4.78 is 18.4. The number of fused-ring (bicyclic) bond motifs is 1. The molecule has 33 heavy (non-hydrogen) atoms. The molecule has 0 amide bonds. The Labute approximate surface area is 193 Å². The van der Waals surface area contributed by atoms with E-state index in [1.165, 1.54) is 24.9 Å². The number of carbonyl (C=O) groups excluding carboxylic acids is 1. The maximum atomic E-state index is 13.2. The van der Waals surface area contributed by atoms with E-state index in [9.17, 15) is 14.4 Å². The first-order valence-corrected chi connectivity index (χ1v) is 10.9. The summed E-state index contributed by atoms with van der Waals surface area (Å²) in [7, 11) is 4.63. The normalized spacial score (nSPS) is 10.9. The summed E-state index contributed by atoms with van der Waals surface area (Å²) in [5.74, 6) is 0.555. The molecular formula is C24H22N2O6S. The van der Waals surface area contributed by atoms with E-state index in [1.807, 2.05) is 30.3 Å². The summed E-state index contributed by atoms with van der Waals surface area (Å²) in [6.07, 6.45) is 0. The Hall–Kier alpha value is -3.85. The molecule has 8 nitrogen and oxygen atoms in total. The highest BCUT2D eigenvalue weighted by Gasteiger charge is 2.19. The van der Waals surface area contributed by atoms with Crippen molar-refractivity contribution in [2.24, 2.45) is 7.05 Å². The van der Waals surface area contributed by atoms with Gasteiger partial charge in [-0.1, -0.05) is 30.3 Å². The molecule has 4 rings (SSSR count). The minimum Gasteiger partial charge on any atom is -0.497 e. The molecule has 2 aromatic carbocycles. The van der Waals surface area contributed by atoms with Crippen LogP contribution in [0.4, 0.5) is 0 Å². The van der Waals surface area contributed by atoms with Gasteiger partial charge in [0.15, 0.2) is 0 Å². The van der Waals surface area contributed by atoms with E-state index in [0.717, 1.165) is 21.5 Å². The number of methoxy groups -OCH3 is 2. The molecule has 0 saturated heterocycles. The number of ether oxygens (including phenoxy) is 3. The Bertz CT molecular complexity index is 1410. The van der Waals surface area contributed by atoms with E-state index in [-0.39, 0.29) is 23.4 Å². The van der Waals surface area contributed by atoms with Gasteiger partial charge in [-0.05, 0) is 29.3 Å². The summed E-state index contributed by atoms with van der Waals surface area (Å²) in [4.78, 5) is 39.4. The fraction of sp³-hybridized carbons (Fsp3) is 0.208. The molecule has 4 aromatic rings. The van der Waals surface area contributed by atoms with Crippen LogP contribution in [0.5, 0.6) is 11.5 Å². The van der Waals surface area contributed by atoms with Gasteiger partial charge in [0.1, 0.15) is 27.8 Å². The van der Waals surface area contributed by atoms with Crippen LogP contribution in [0.1, 0.15) is 20.8 Å². The highest BCUT2D eigenvalue weighted by molar-refractivity contribution is 7.20. The Kier molecular flexibility index (Phi) is 6.32. The second-order valence-corrected chi connectivity index (χ2v) is 8.38. The Morgan fingerprint density at radius 1 is 0.939 bits per heavy atom. The second kappa shape index (κ2) is 9.33. The topological polar surface area (TPSA) is 88.8 Å². The van der Waals surface area contributed by atoms with E-state index in [2.05, 4.69) is 0 Å². The predicted molar refractivity (Wildman–Crippen MR) is 126 cm³/mol. The third-order valence-corrected chi connectivity index (χ3v) is 6.37. The Morgan fingerprint density at radius 3 is 2.24 bits per heavy atom. The number of hydrogen-bond acceptors (Lipinski definition) is 7. The van der Waals surface area contributed by atoms with Crippen molar-refractivity contribution in [2.45, 2.75) is 13.2 Å². The Morgan fingerprint density at radius 2 is 1.61 bits per heavy atom. The van der Waals surface area contributed by atoms with Crippen molar-refractivity contribution in [2.75, 3.05) is 14.2 Å². The minimum absolute atomic E-state index is 0.0264. The van der Waals surface area contributed by atoms with E-state index >= 15 is 0 Å². The molecule has 0 N–H and O–H groups in total. The van der Waals surface area contributed by atoms with Crippen LogP contribution in [0.2, 0.25) is 0 Å². The third-order valence-electron chi connectivity index (χ3n) is 5.18. The van der Waals surface area contributed by atoms with Crippen LogP contribution in [0, 0.1) is 0 Å². The fourth-order valence-corrected chi connectivity index (χ4v) is 4.46. The fourth-order valence-electron chi connectivity index (χ4n) is 3.46. The van der Waals surface area contributed by atoms with Crippen LogP contribution >= 0.6 is 11.3 Å². The standard InChI is InChI=1S/C24H22N2O6S/c1-25-22-19(12-20(33-22)23(28)32-14-15-7-5-4-6-8-15)21(27)26(24(25)29)13-16-9-17(30-2)11-18(10-16)31-3/h4-12H,13-14H2,1-3H3. The van der Waals surface area contributed by atoms with Crippen LogP contribution in [0.15, 0.2) is 64.2 Å². The number of benzene rings is 2. The average molecular weight is 467 g/mol. The van der Waals surface area contributed by atoms with Gasteiger partial charge in [0.2, 0.25) is 0 Å². The monoisotopic (exact) mass is 466 g/mol. The number of nitrogens with zero attached hydrogens (tertiary/aromatic N) is 2. The molecule has 0 saturated carbocycles. The zero-order valence-electron chi connectivity index (χ0n) is 18.4. The van der Waals surface area contributed by atoms with Gasteiger partial charge in [0, 0.05) is 13.1 Å². The molecule has 0 atom stereocenters. The lowest BCUT2D eigenvalue weighted by Crippen LogP contribution is -2.38. The van der Waals surface area contributed by atoms with Crippen molar-refractivity contribution < 1.29 is 19.0 Å². The maximum Gasteiger partial charge on any atom is 0.348 e. The summed E-state index contributed by atoms with van der Waals surface area (Å²) in [6.45, 7) is 0.146. The summed E-state index contributed by atoms with van der Waals surface area (Å²) in [5, 5.41) is 0.281. The number of carbonyl (C=O) groups is 1. The molecule has 2 aromatic heterocycles. The molecule has 0 aliphatic heterocycles. The first kappa shape index (κ1) is 22.3. The molecule has 0 radical (unpaired) electrons.